The molecule has 0 fully saturated rings. The molecule has 1 aromatic rings. The van der Waals surface area contributed by atoms with Crippen LogP contribution in [0.5, 0.6) is 0 Å². The van der Waals surface area contributed by atoms with E-state index in [4.69, 9.17) is 10.6 Å². The van der Waals surface area contributed by atoms with Crippen molar-refractivity contribution in [3.8, 4) is 0 Å². The molecule has 1 aromatic heterocycles. The highest BCUT2D eigenvalue weighted by Gasteiger charge is 2.24. The van der Waals surface area contributed by atoms with Crippen LogP contribution < -0.4 is 11.3 Å². The maximum atomic E-state index is 12.2. The first-order valence-corrected chi connectivity index (χ1v) is 6.93. The maximum absolute atomic E-state index is 12.2. The highest BCUT2D eigenvalue weighted by atomic mass is 32.2. The number of sulfonamides is 1. The summed E-state index contributed by atoms with van der Waals surface area (Å²) in [5.41, 5.74) is 2.59. The SMILES string of the molecule is CCOCCN(C)S(=O)(=O)c1ncccc1NN. The lowest BCUT2D eigenvalue weighted by Crippen LogP contribution is -2.31. The topological polar surface area (TPSA) is 97.5 Å². The van der Waals surface area contributed by atoms with Gasteiger partial charge in [0.05, 0.1) is 12.3 Å². The van der Waals surface area contributed by atoms with Crippen molar-refractivity contribution in [2.75, 3.05) is 32.2 Å². The molecule has 102 valence electrons. The van der Waals surface area contributed by atoms with Crippen LogP contribution in [0, 0.1) is 0 Å². The van der Waals surface area contributed by atoms with Crippen LogP contribution in [0.1, 0.15) is 6.92 Å². The minimum absolute atomic E-state index is 0.0912. The van der Waals surface area contributed by atoms with Gasteiger partial charge in [0.1, 0.15) is 0 Å². The Labute approximate surface area is 107 Å². The minimum Gasteiger partial charge on any atom is -0.380 e. The first-order chi connectivity index (χ1) is 8.54. The highest BCUT2D eigenvalue weighted by Crippen LogP contribution is 2.19. The minimum atomic E-state index is -3.66. The summed E-state index contributed by atoms with van der Waals surface area (Å²) < 4.78 is 30.7. The van der Waals surface area contributed by atoms with Gasteiger partial charge in [-0.2, -0.15) is 4.31 Å². The molecule has 0 atom stereocenters. The number of anilines is 1. The van der Waals surface area contributed by atoms with E-state index in [1.54, 1.807) is 12.1 Å². The Balaban J connectivity index is 2.91. The molecule has 1 rings (SSSR count). The van der Waals surface area contributed by atoms with Crippen LogP contribution in [0.15, 0.2) is 23.4 Å². The van der Waals surface area contributed by atoms with Gasteiger partial charge in [0, 0.05) is 26.4 Å². The molecule has 0 aliphatic heterocycles. The molecule has 0 spiro atoms. The fourth-order valence-corrected chi connectivity index (χ4v) is 2.52. The van der Waals surface area contributed by atoms with Crippen molar-refractivity contribution in [2.45, 2.75) is 11.9 Å². The van der Waals surface area contributed by atoms with Crippen LogP contribution >= 0.6 is 0 Å². The molecule has 0 unspecified atom stereocenters. The summed E-state index contributed by atoms with van der Waals surface area (Å²) in [6.45, 7) is 3.00. The second-order valence-electron chi connectivity index (χ2n) is 3.52. The van der Waals surface area contributed by atoms with Crippen molar-refractivity contribution in [1.29, 1.82) is 0 Å². The zero-order valence-corrected chi connectivity index (χ0v) is 11.3. The van der Waals surface area contributed by atoms with Crippen LogP contribution in [0.25, 0.3) is 0 Å². The first kappa shape index (κ1) is 14.8. The third-order valence-electron chi connectivity index (χ3n) is 2.34. The van der Waals surface area contributed by atoms with E-state index < -0.39 is 10.0 Å². The second kappa shape index (κ2) is 6.64. The number of pyridine rings is 1. The molecule has 0 amide bonds. The average molecular weight is 274 g/mol. The van der Waals surface area contributed by atoms with Gasteiger partial charge in [-0.1, -0.05) is 0 Å². The summed E-state index contributed by atoms with van der Waals surface area (Å²) in [6.07, 6.45) is 1.41. The van der Waals surface area contributed by atoms with Crippen LogP contribution in [0.2, 0.25) is 0 Å². The van der Waals surface area contributed by atoms with Gasteiger partial charge in [-0.25, -0.2) is 13.4 Å². The Kier molecular flexibility index (Phi) is 5.48. The van der Waals surface area contributed by atoms with Crippen LogP contribution in [-0.2, 0) is 14.8 Å². The van der Waals surface area contributed by atoms with Gasteiger partial charge < -0.3 is 10.2 Å². The quantitative estimate of drug-likeness (QED) is 0.413. The summed E-state index contributed by atoms with van der Waals surface area (Å²) in [7, 11) is -2.19. The lowest BCUT2D eigenvalue weighted by Gasteiger charge is -2.17. The highest BCUT2D eigenvalue weighted by molar-refractivity contribution is 7.89. The number of rotatable bonds is 7. The number of nitrogens with one attached hydrogen (secondary N) is 1. The molecule has 0 aliphatic carbocycles. The van der Waals surface area contributed by atoms with Crippen LogP contribution in [0.3, 0.4) is 0 Å². The van der Waals surface area contributed by atoms with Crippen molar-refractivity contribution < 1.29 is 13.2 Å². The van der Waals surface area contributed by atoms with Crippen LogP contribution in [-0.4, -0.2) is 44.5 Å². The predicted octanol–water partition coefficient (Wildman–Crippen LogP) is 0.0242. The van der Waals surface area contributed by atoms with Crippen molar-refractivity contribution in [1.82, 2.24) is 9.29 Å². The predicted molar refractivity (Wildman–Crippen MR) is 68.4 cm³/mol. The number of nitrogen functional groups attached to an aromatic ring is 1. The molecular weight excluding hydrogens is 256 g/mol. The van der Waals surface area contributed by atoms with E-state index >= 15 is 0 Å². The normalized spacial score (nSPS) is 11.8. The standard InChI is InChI=1S/C10H18N4O3S/c1-3-17-8-7-14(2)18(15,16)10-9(13-11)5-4-6-12-10/h4-6,13H,3,7-8,11H2,1-2H3. The van der Waals surface area contributed by atoms with E-state index in [-0.39, 0.29) is 17.3 Å². The number of aromatic nitrogens is 1. The zero-order valence-electron chi connectivity index (χ0n) is 10.5. The van der Waals surface area contributed by atoms with Gasteiger partial charge in [0.25, 0.3) is 10.0 Å². The molecule has 1 heterocycles. The van der Waals surface area contributed by atoms with Crippen molar-refractivity contribution in [3.05, 3.63) is 18.3 Å². The monoisotopic (exact) mass is 274 g/mol. The Hall–Kier alpha value is -1.22. The molecule has 18 heavy (non-hydrogen) atoms. The van der Waals surface area contributed by atoms with Crippen LogP contribution in [0.4, 0.5) is 5.69 Å². The fourth-order valence-electron chi connectivity index (χ4n) is 1.31. The Morgan fingerprint density at radius 1 is 1.56 bits per heavy atom. The molecule has 0 saturated heterocycles. The number of hydrogen-bond donors (Lipinski definition) is 2. The Bertz CT molecular complexity index is 478. The summed E-state index contributed by atoms with van der Waals surface area (Å²) >= 11 is 0. The maximum Gasteiger partial charge on any atom is 0.262 e. The molecule has 0 aliphatic rings. The summed E-state index contributed by atoms with van der Waals surface area (Å²) in [5.74, 6) is 5.27. The summed E-state index contributed by atoms with van der Waals surface area (Å²) in [4.78, 5) is 3.86. The van der Waals surface area contributed by atoms with Crippen molar-refractivity contribution in [3.63, 3.8) is 0 Å². The van der Waals surface area contributed by atoms with Gasteiger partial charge in [-0.05, 0) is 19.1 Å². The van der Waals surface area contributed by atoms with Gasteiger partial charge in [-0.15, -0.1) is 0 Å². The van der Waals surface area contributed by atoms with Gasteiger partial charge in [-0.3, -0.25) is 5.84 Å². The molecule has 0 saturated carbocycles. The largest absolute Gasteiger partial charge is 0.380 e. The number of nitrogens with zero attached hydrogens (tertiary/aromatic N) is 2. The van der Waals surface area contributed by atoms with Gasteiger partial charge in [0.2, 0.25) is 0 Å². The number of ether oxygens (including phenoxy) is 1. The number of hydrazine groups is 1. The van der Waals surface area contributed by atoms with Gasteiger partial charge in [0.15, 0.2) is 5.03 Å². The molecule has 0 bridgehead atoms. The van der Waals surface area contributed by atoms with E-state index in [9.17, 15) is 8.42 Å². The van der Waals surface area contributed by atoms with E-state index in [2.05, 4.69) is 10.4 Å². The Morgan fingerprint density at radius 3 is 2.89 bits per heavy atom. The second-order valence-corrected chi connectivity index (χ2v) is 5.48. The Morgan fingerprint density at radius 2 is 2.28 bits per heavy atom. The number of likely N-dealkylation sites (N-methyl/N-ethyl adjacent to an activating group) is 1. The first-order valence-electron chi connectivity index (χ1n) is 5.49. The summed E-state index contributed by atoms with van der Waals surface area (Å²) in [6, 6.07) is 3.16. The molecule has 8 heteroatoms. The van der Waals surface area contributed by atoms with E-state index in [0.717, 1.165) is 0 Å². The number of nitrogens with two attached hydrogens (primary N) is 1. The number of hydrogen-bond acceptors (Lipinski definition) is 6. The lowest BCUT2D eigenvalue weighted by molar-refractivity contribution is 0.138. The lowest BCUT2D eigenvalue weighted by atomic mass is 10.4. The van der Waals surface area contributed by atoms with Crippen molar-refractivity contribution >= 4 is 15.7 Å². The van der Waals surface area contributed by atoms with E-state index in [0.29, 0.717) is 13.2 Å². The average Bonchev–Trinajstić information content (AvgIpc) is 2.38. The third kappa shape index (κ3) is 3.39. The molecule has 0 aromatic carbocycles. The molecule has 0 radical (unpaired) electrons. The van der Waals surface area contributed by atoms with E-state index in [1.807, 2.05) is 6.92 Å². The fraction of sp³-hybridized carbons (Fsp3) is 0.500. The molecule has 3 N–H and O–H groups in total. The molecule has 7 nitrogen and oxygen atoms in total. The summed E-state index contributed by atoms with van der Waals surface area (Å²) in [5, 5.41) is -0.0912. The van der Waals surface area contributed by atoms with E-state index in [1.165, 1.54) is 17.5 Å². The third-order valence-corrected chi connectivity index (χ3v) is 4.15. The van der Waals surface area contributed by atoms with Gasteiger partial charge >= 0.3 is 0 Å². The molecular formula is C10H18N4O3S. The van der Waals surface area contributed by atoms with Crippen molar-refractivity contribution in [2.24, 2.45) is 5.84 Å². The smallest absolute Gasteiger partial charge is 0.262 e. The zero-order chi connectivity index (χ0) is 13.6.